The molecule has 9 nitrogen and oxygen atoms in total. The van der Waals surface area contributed by atoms with Crippen LogP contribution in [0.5, 0.6) is 17.2 Å². The highest BCUT2D eigenvalue weighted by Gasteiger charge is 2.32. The molecule has 1 atom stereocenters. The van der Waals surface area contributed by atoms with Gasteiger partial charge in [-0.3, -0.25) is 4.79 Å². The minimum absolute atomic E-state index is 0.0262. The predicted octanol–water partition coefficient (Wildman–Crippen LogP) is 4.07. The number of nitrogens with one attached hydrogen (secondary N) is 1. The Hall–Kier alpha value is -3.53. The van der Waals surface area contributed by atoms with Crippen molar-refractivity contribution in [1.29, 1.82) is 0 Å². The summed E-state index contributed by atoms with van der Waals surface area (Å²) in [5.74, 6) is 2.21. The normalized spacial score (nSPS) is 16.6. The molecule has 1 aliphatic rings. The minimum Gasteiger partial charge on any atom is -0.493 e. The highest BCUT2D eigenvalue weighted by atomic mass is 32.2. The van der Waals surface area contributed by atoms with Gasteiger partial charge in [-0.05, 0) is 48.2 Å². The highest BCUT2D eigenvalue weighted by molar-refractivity contribution is 7.91. The fourth-order valence-corrected chi connectivity index (χ4v) is 5.84. The molecule has 10 heteroatoms. The summed E-state index contributed by atoms with van der Waals surface area (Å²) in [6, 6.07) is 14.4. The molecule has 1 aromatic heterocycles. The zero-order valence-electron chi connectivity index (χ0n) is 20.9. The summed E-state index contributed by atoms with van der Waals surface area (Å²) in [4.78, 5) is 12.8. The van der Waals surface area contributed by atoms with E-state index in [-0.39, 0.29) is 30.1 Å². The summed E-state index contributed by atoms with van der Waals surface area (Å²) in [6.07, 6.45) is 0.428. The standard InChI is InChI=1S/C26H31N3O6S/c1-17(2)18-5-8-21(9-6-18)35-15-26(30)27-25-14-22(19-7-10-23(33-3)24(13-19)34-4)28-29(25)20-11-12-36(31,32)16-20/h5-10,13-14,17,20H,11-12,15-16H2,1-4H3,(H,27,30). The number of nitrogens with zero attached hydrogens (tertiary/aromatic N) is 2. The van der Waals surface area contributed by atoms with E-state index in [1.165, 1.54) is 5.56 Å². The topological polar surface area (TPSA) is 109 Å². The van der Waals surface area contributed by atoms with Crippen LogP contribution >= 0.6 is 0 Å². The van der Waals surface area contributed by atoms with Gasteiger partial charge in [-0.25, -0.2) is 13.1 Å². The second kappa shape index (κ2) is 10.6. The second-order valence-electron chi connectivity index (χ2n) is 9.05. The van der Waals surface area contributed by atoms with E-state index in [9.17, 15) is 13.2 Å². The molecule has 0 aliphatic carbocycles. The smallest absolute Gasteiger partial charge is 0.263 e. The van der Waals surface area contributed by atoms with Crippen molar-refractivity contribution in [3.63, 3.8) is 0 Å². The molecule has 1 unspecified atom stereocenters. The van der Waals surface area contributed by atoms with Gasteiger partial charge in [0.1, 0.15) is 11.6 Å². The van der Waals surface area contributed by atoms with Gasteiger partial charge in [0.2, 0.25) is 0 Å². The number of hydrogen-bond donors (Lipinski definition) is 1. The molecule has 0 saturated carbocycles. The molecule has 4 rings (SSSR count). The van der Waals surface area contributed by atoms with Gasteiger partial charge in [0.25, 0.3) is 5.91 Å². The summed E-state index contributed by atoms with van der Waals surface area (Å²) >= 11 is 0. The first-order valence-corrected chi connectivity index (χ1v) is 13.6. The molecule has 0 radical (unpaired) electrons. The Labute approximate surface area is 211 Å². The summed E-state index contributed by atoms with van der Waals surface area (Å²) in [5.41, 5.74) is 2.50. The lowest BCUT2D eigenvalue weighted by molar-refractivity contribution is -0.118. The lowest BCUT2D eigenvalue weighted by atomic mass is 10.0. The maximum absolute atomic E-state index is 12.8. The van der Waals surface area contributed by atoms with Crippen molar-refractivity contribution in [2.24, 2.45) is 0 Å². The second-order valence-corrected chi connectivity index (χ2v) is 11.3. The Bertz CT molecular complexity index is 1330. The van der Waals surface area contributed by atoms with Gasteiger partial charge in [0.15, 0.2) is 27.9 Å². The number of hydrogen-bond acceptors (Lipinski definition) is 7. The molecule has 1 aliphatic heterocycles. The van der Waals surface area contributed by atoms with Crippen molar-refractivity contribution in [3.05, 3.63) is 54.1 Å². The summed E-state index contributed by atoms with van der Waals surface area (Å²) in [5, 5.41) is 7.50. The van der Waals surface area contributed by atoms with Gasteiger partial charge in [0.05, 0.1) is 37.5 Å². The summed E-state index contributed by atoms with van der Waals surface area (Å²) in [6.45, 7) is 4.03. The molecule has 1 N–H and O–H groups in total. The van der Waals surface area contributed by atoms with E-state index < -0.39 is 9.84 Å². The van der Waals surface area contributed by atoms with Crippen LogP contribution in [0.2, 0.25) is 0 Å². The van der Waals surface area contributed by atoms with Crippen LogP contribution in [0.25, 0.3) is 11.3 Å². The average Bonchev–Trinajstić information content (AvgIpc) is 3.45. The van der Waals surface area contributed by atoms with Crippen LogP contribution in [0.1, 0.15) is 37.8 Å². The van der Waals surface area contributed by atoms with Gasteiger partial charge in [-0.1, -0.05) is 26.0 Å². The first kappa shape index (κ1) is 25.6. The quantitative estimate of drug-likeness (QED) is 0.459. The number of carbonyl (C=O) groups excluding carboxylic acids is 1. The fourth-order valence-electron chi connectivity index (χ4n) is 4.15. The maximum Gasteiger partial charge on any atom is 0.263 e. The van der Waals surface area contributed by atoms with Crippen molar-refractivity contribution in [3.8, 4) is 28.5 Å². The maximum atomic E-state index is 12.8. The van der Waals surface area contributed by atoms with Crippen molar-refractivity contribution in [1.82, 2.24) is 9.78 Å². The van der Waals surface area contributed by atoms with Crippen molar-refractivity contribution in [2.75, 3.05) is 37.6 Å². The number of rotatable bonds is 9. The molecule has 0 bridgehead atoms. The predicted molar refractivity (Wildman–Crippen MR) is 138 cm³/mol. The van der Waals surface area contributed by atoms with Gasteiger partial charge in [0, 0.05) is 11.6 Å². The molecule has 192 valence electrons. The van der Waals surface area contributed by atoms with E-state index >= 15 is 0 Å². The fraction of sp³-hybridized carbons (Fsp3) is 0.385. The molecule has 0 spiro atoms. The molecule has 2 heterocycles. The van der Waals surface area contributed by atoms with Crippen LogP contribution in [0.4, 0.5) is 5.82 Å². The lowest BCUT2D eigenvalue weighted by Gasteiger charge is -2.14. The Balaban J connectivity index is 1.55. The van der Waals surface area contributed by atoms with E-state index in [2.05, 4.69) is 24.3 Å². The first-order chi connectivity index (χ1) is 17.2. The third kappa shape index (κ3) is 5.81. The van der Waals surface area contributed by atoms with Crippen molar-refractivity contribution in [2.45, 2.75) is 32.2 Å². The van der Waals surface area contributed by atoms with Crippen LogP contribution in [0, 0.1) is 0 Å². The zero-order chi connectivity index (χ0) is 25.9. The Morgan fingerprint density at radius 3 is 2.42 bits per heavy atom. The number of ether oxygens (including phenoxy) is 3. The Morgan fingerprint density at radius 1 is 1.08 bits per heavy atom. The monoisotopic (exact) mass is 513 g/mol. The molecular formula is C26H31N3O6S. The molecule has 1 amide bonds. The van der Waals surface area contributed by atoms with Gasteiger partial charge in [-0.2, -0.15) is 5.10 Å². The number of methoxy groups -OCH3 is 2. The summed E-state index contributed by atoms with van der Waals surface area (Å²) < 4.78 is 42.2. The molecule has 2 aromatic carbocycles. The van der Waals surface area contributed by atoms with Crippen molar-refractivity contribution >= 4 is 21.6 Å². The molecule has 1 saturated heterocycles. The number of benzene rings is 2. The van der Waals surface area contributed by atoms with E-state index in [1.807, 2.05) is 30.3 Å². The number of anilines is 1. The average molecular weight is 514 g/mol. The molecule has 3 aromatic rings. The van der Waals surface area contributed by atoms with Crippen LogP contribution in [-0.4, -0.2) is 56.4 Å². The highest BCUT2D eigenvalue weighted by Crippen LogP contribution is 2.34. The number of amides is 1. The largest absolute Gasteiger partial charge is 0.493 e. The van der Waals surface area contributed by atoms with Crippen LogP contribution in [0.3, 0.4) is 0 Å². The molecule has 1 fully saturated rings. The molecule has 36 heavy (non-hydrogen) atoms. The Kier molecular flexibility index (Phi) is 7.53. The SMILES string of the molecule is COc1ccc(-c2cc(NC(=O)COc3ccc(C(C)C)cc3)n(C3CCS(=O)(=O)C3)n2)cc1OC. The third-order valence-electron chi connectivity index (χ3n) is 6.15. The van der Waals surface area contributed by atoms with Gasteiger partial charge >= 0.3 is 0 Å². The zero-order valence-corrected chi connectivity index (χ0v) is 21.7. The number of sulfone groups is 1. The van der Waals surface area contributed by atoms with Crippen molar-refractivity contribution < 1.29 is 27.4 Å². The third-order valence-corrected chi connectivity index (χ3v) is 7.90. The van der Waals surface area contributed by atoms with Gasteiger partial charge < -0.3 is 19.5 Å². The van der Waals surface area contributed by atoms with E-state index in [0.717, 1.165) is 5.56 Å². The Morgan fingerprint density at radius 2 is 1.81 bits per heavy atom. The van der Waals surface area contributed by atoms with E-state index in [1.54, 1.807) is 37.1 Å². The van der Waals surface area contributed by atoms with Gasteiger partial charge in [-0.15, -0.1) is 0 Å². The van der Waals surface area contributed by atoms with E-state index in [4.69, 9.17) is 14.2 Å². The van der Waals surface area contributed by atoms with Crippen LogP contribution < -0.4 is 19.5 Å². The number of aromatic nitrogens is 2. The first-order valence-electron chi connectivity index (χ1n) is 11.7. The van der Waals surface area contributed by atoms with E-state index in [0.29, 0.717) is 41.1 Å². The van der Waals surface area contributed by atoms with Crippen LogP contribution in [-0.2, 0) is 14.6 Å². The number of carbonyl (C=O) groups is 1. The minimum atomic E-state index is -3.15. The molecular weight excluding hydrogens is 482 g/mol. The summed E-state index contributed by atoms with van der Waals surface area (Å²) in [7, 11) is -0.0507. The van der Waals surface area contributed by atoms with Crippen LogP contribution in [0.15, 0.2) is 48.5 Å². The lowest BCUT2D eigenvalue weighted by Crippen LogP contribution is -2.23.